The first-order valence-corrected chi connectivity index (χ1v) is 33.3. The molecule has 12 heteroatoms. The molecule has 82 heavy (non-hydrogen) atoms. The predicted molar refractivity (Wildman–Crippen MR) is 341 cm³/mol. The SMILES string of the molecule is CC(C)(C)N1CC2(CCOC2)C1.CC(C)(C)N1CCC2(CC1)COC2.CC(C)(C)N1CCC2(CCCOC2)C1.CC(C)(C)N1CCC2(CCOCC2)C1.CC(C)(C)N1CCC2(CCOCC2)CC1.CC(C)(C)OCCCc1cccnc1. The Morgan fingerprint density at radius 1 is 0.402 bits per heavy atom. The summed E-state index contributed by atoms with van der Waals surface area (Å²) in [5, 5.41) is 0. The molecule has 0 aliphatic carbocycles. The summed E-state index contributed by atoms with van der Waals surface area (Å²) in [6.45, 7) is 64.4. The van der Waals surface area contributed by atoms with Crippen molar-refractivity contribution in [3.63, 3.8) is 0 Å². The van der Waals surface area contributed by atoms with Crippen LogP contribution in [0.1, 0.15) is 220 Å². The summed E-state index contributed by atoms with van der Waals surface area (Å²) < 4.78 is 33.0. The van der Waals surface area contributed by atoms with Crippen molar-refractivity contribution in [3.05, 3.63) is 30.1 Å². The first-order chi connectivity index (χ1) is 38.2. The van der Waals surface area contributed by atoms with Crippen LogP contribution in [-0.4, -0.2) is 201 Å². The van der Waals surface area contributed by atoms with Crippen LogP contribution in [0.2, 0.25) is 0 Å². The normalized spacial score (nSPS) is 26.9. The van der Waals surface area contributed by atoms with E-state index in [0.717, 1.165) is 85.5 Å². The lowest BCUT2D eigenvalue weighted by Gasteiger charge is -2.53. The Kier molecular flexibility index (Phi) is 25.0. The van der Waals surface area contributed by atoms with Crippen LogP contribution in [0, 0.1) is 27.1 Å². The molecule has 10 aliphatic rings. The molecule has 0 amide bonds. The van der Waals surface area contributed by atoms with Gasteiger partial charge in [0, 0.05) is 129 Å². The molecular formula is C70H130N6O6. The van der Waals surface area contributed by atoms with Crippen LogP contribution in [0.3, 0.4) is 0 Å². The highest BCUT2D eigenvalue weighted by atomic mass is 16.5. The number of piperidine rings is 2. The molecule has 0 N–H and O–H groups in total. The fourth-order valence-corrected chi connectivity index (χ4v) is 14.1. The third-order valence-electron chi connectivity index (χ3n) is 20.7. The highest BCUT2D eigenvalue weighted by molar-refractivity contribution is 5.08. The van der Waals surface area contributed by atoms with Crippen molar-refractivity contribution in [2.24, 2.45) is 27.1 Å². The minimum absolute atomic E-state index is 0.0189. The van der Waals surface area contributed by atoms with Gasteiger partial charge in [-0.25, -0.2) is 0 Å². The quantitative estimate of drug-likeness (QED) is 0.269. The molecule has 10 fully saturated rings. The van der Waals surface area contributed by atoms with E-state index in [2.05, 4.69) is 160 Å². The second kappa shape index (κ2) is 29.4. The summed E-state index contributed by atoms with van der Waals surface area (Å²) >= 11 is 0. The zero-order chi connectivity index (χ0) is 60.2. The van der Waals surface area contributed by atoms with Gasteiger partial charge in [0.05, 0.1) is 32.0 Å². The largest absolute Gasteiger partial charge is 0.381 e. The Bertz CT molecular complexity index is 1890. The third-order valence-corrected chi connectivity index (χ3v) is 20.7. The van der Waals surface area contributed by atoms with E-state index in [1.807, 2.05) is 12.3 Å². The fourth-order valence-electron chi connectivity index (χ4n) is 14.1. The van der Waals surface area contributed by atoms with E-state index >= 15 is 0 Å². The number of nitrogens with zero attached hydrogens (tertiary/aromatic N) is 6. The van der Waals surface area contributed by atoms with Gasteiger partial charge < -0.3 is 28.4 Å². The number of hydrogen-bond donors (Lipinski definition) is 0. The number of likely N-dealkylation sites (tertiary alicyclic amines) is 5. The van der Waals surface area contributed by atoms with Crippen LogP contribution >= 0.6 is 0 Å². The van der Waals surface area contributed by atoms with Gasteiger partial charge in [0.1, 0.15) is 0 Å². The van der Waals surface area contributed by atoms with Gasteiger partial charge in [0.25, 0.3) is 0 Å². The molecule has 0 radical (unpaired) electrons. The van der Waals surface area contributed by atoms with Crippen molar-refractivity contribution in [3.8, 4) is 0 Å². The summed E-state index contributed by atoms with van der Waals surface area (Å²) in [4.78, 5) is 17.1. The van der Waals surface area contributed by atoms with Gasteiger partial charge in [0.15, 0.2) is 0 Å². The number of aryl methyl sites for hydroxylation is 1. The second-order valence-electron chi connectivity index (χ2n) is 33.6. The van der Waals surface area contributed by atoms with Crippen LogP contribution in [0.4, 0.5) is 0 Å². The standard InChI is InChI=1S/C13H25NO.2C12H23NO.C12H19NO.C11H21NO.C10H19NO/c1-12(2,3)14-8-4-13(5-9-14)6-10-15-11-7-13;1-11(2,3)13-7-4-12(10-13)5-8-14-9-6-12;1-11(2,3)13-7-6-12(9-13)5-4-8-14-10-12;1-12(2,3)14-9-5-7-11-6-4-8-13-10-11;1-10(2,3)12-6-4-11(5-7-12)8-13-9-11;1-9(2,3)11-6-10(7-11)4-5-12-8-10/h4-11H2,1-3H3;2*4-10H2,1-3H3;4,6,8,10H,5,7,9H2,1-3H3;4-9H2,1-3H3;4-8H2,1-3H3. The van der Waals surface area contributed by atoms with Gasteiger partial charge in [-0.1, -0.05) is 6.07 Å². The van der Waals surface area contributed by atoms with Crippen molar-refractivity contribution in [2.75, 3.05) is 138 Å². The van der Waals surface area contributed by atoms with Crippen molar-refractivity contribution in [2.45, 2.75) is 254 Å². The predicted octanol–water partition coefficient (Wildman–Crippen LogP) is 13.5. The molecule has 1 unspecified atom stereocenters. The van der Waals surface area contributed by atoms with E-state index < -0.39 is 0 Å². The summed E-state index contributed by atoms with van der Waals surface area (Å²) in [7, 11) is 0. The van der Waals surface area contributed by atoms with Crippen LogP contribution in [-0.2, 0) is 34.8 Å². The van der Waals surface area contributed by atoms with Gasteiger partial charge in [-0.3, -0.25) is 29.5 Å². The van der Waals surface area contributed by atoms with Crippen molar-refractivity contribution >= 4 is 0 Å². The maximum Gasteiger partial charge on any atom is 0.0598 e. The Morgan fingerprint density at radius 3 is 1.20 bits per heavy atom. The number of ether oxygens (including phenoxy) is 6. The maximum absolute atomic E-state index is 5.64. The molecule has 1 aromatic rings. The lowest BCUT2D eigenvalue weighted by atomic mass is 9.72. The molecule has 10 saturated heterocycles. The summed E-state index contributed by atoms with van der Waals surface area (Å²) in [5.41, 5.74) is 5.89. The van der Waals surface area contributed by atoms with Crippen LogP contribution < -0.4 is 0 Å². The average molecular weight is 1150 g/mol. The minimum atomic E-state index is -0.0189. The van der Waals surface area contributed by atoms with E-state index in [1.165, 1.54) is 154 Å². The fraction of sp³-hybridized carbons (Fsp3) is 0.929. The van der Waals surface area contributed by atoms with Crippen LogP contribution in [0.5, 0.6) is 0 Å². The molecule has 5 spiro atoms. The maximum atomic E-state index is 5.64. The Hall–Kier alpha value is -1.29. The summed E-state index contributed by atoms with van der Waals surface area (Å²) in [6, 6.07) is 4.07. The third kappa shape index (κ3) is 21.8. The lowest BCUT2D eigenvalue weighted by molar-refractivity contribution is -0.145. The van der Waals surface area contributed by atoms with E-state index in [-0.39, 0.29) is 5.60 Å². The second-order valence-corrected chi connectivity index (χ2v) is 33.6. The van der Waals surface area contributed by atoms with Gasteiger partial charge >= 0.3 is 0 Å². The minimum Gasteiger partial charge on any atom is -0.381 e. The zero-order valence-corrected chi connectivity index (χ0v) is 56.9. The number of hydrogen-bond acceptors (Lipinski definition) is 12. The van der Waals surface area contributed by atoms with Gasteiger partial charge in [-0.15, -0.1) is 0 Å². The number of pyridine rings is 1. The Balaban J connectivity index is 0.000000158. The zero-order valence-electron chi connectivity index (χ0n) is 56.9. The summed E-state index contributed by atoms with van der Waals surface area (Å²) in [6.07, 6.45) is 23.0. The molecule has 12 nitrogen and oxygen atoms in total. The Morgan fingerprint density at radius 2 is 0.793 bits per heavy atom. The highest BCUT2D eigenvalue weighted by Crippen LogP contribution is 2.45. The first kappa shape index (κ1) is 69.8. The molecule has 11 heterocycles. The van der Waals surface area contributed by atoms with Crippen LogP contribution in [0.25, 0.3) is 0 Å². The summed E-state index contributed by atoms with van der Waals surface area (Å²) in [5.74, 6) is 0. The smallest absolute Gasteiger partial charge is 0.0598 e. The molecule has 1 atom stereocenters. The first-order valence-electron chi connectivity index (χ1n) is 33.3. The van der Waals surface area contributed by atoms with Gasteiger partial charge in [0.2, 0.25) is 0 Å². The van der Waals surface area contributed by atoms with Crippen molar-refractivity contribution in [1.29, 1.82) is 0 Å². The van der Waals surface area contributed by atoms with Crippen molar-refractivity contribution in [1.82, 2.24) is 29.5 Å². The Labute approximate surface area is 505 Å². The molecule has 0 saturated carbocycles. The van der Waals surface area contributed by atoms with E-state index in [1.54, 1.807) is 6.20 Å². The average Bonchev–Trinajstić information content (AvgIpc) is 4.19. The molecule has 1 aromatic heterocycles. The molecule has 476 valence electrons. The van der Waals surface area contributed by atoms with E-state index in [9.17, 15) is 0 Å². The van der Waals surface area contributed by atoms with E-state index in [4.69, 9.17) is 28.4 Å². The van der Waals surface area contributed by atoms with Crippen LogP contribution in [0.15, 0.2) is 24.5 Å². The molecule has 0 aromatic carbocycles. The van der Waals surface area contributed by atoms with E-state index in [0.29, 0.717) is 54.8 Å². The van der Waals surface area contributed by atoms with Gasteiger partial charge in [-0.05, 0) is 283 Å². The monoisotopic (exact) mass is 1150 g/mol. The van der Waals surface area contributed by atoms with Gasteiger partial charge in [-0.2, -0.15) is 0 Å². The number of rotatable bonds is 4. The molecule has 0 bridgehead atoms. The molecular weight excluding hydrogens is 1020 g/mol. The molecule has 10 aliphatic heterocycles. The lowest BCUT2D eigenvalue weighted by Crippen LogP contribution is -2.62. The number of aromatic nitrogens is 1. The van der Waals surface area contributed by atoms with Crippen molar-refractivity contribution < 1.29 is 28.4 Å². The molecule has 11 rings (SSSR count). The topological polar surface area (TPSA) is 84.5 Å². The highest BCUT2D eigenvalue weighted by Gasteiger charge is 2.49.